The smallest absolute Gasteiger partial charge is 0.364 e. The molecule has 4 aromatic heterocycles. The van der Waals surface area contributed by atoms with E-state index in [9.17, 15) is 14.0 Å². The number of nitriles is 1. The van der Waals surface area contributed by atoms with Gasteiger partial charge in [0.1, 0.15) is 11.3 Å². The van der Waals surface area contributed by atoms with Crippen molar-refractivity contribution in [3.63, 3.8) is 0 Å². The molecule has 0 bridgehead atoms. The van der Waals surface area contributed by atoms with Crippen molar-refractivity contribution in [2.75, 3.05) is 10.6 Å². The Morgan fingerprint density at radius 1 is 0.717 bits per heavy atom. The van der Waals surface area contributed by atoms with Gasteiger partial charge in [-0.15, -0.1) is 0 Å². The molecule has 4 heterocycles. The molecule has 0 saturated heterocycles. The van der Waals surface area contributed by atoms with Crippen molar-refractivity contribution in [1.29, 1.82) is 5.26 Å². The molecule has 0 saturated carbocycles. The molecule has 0 fully saturated rings. The zero-order valence-electron chi connectivity index (χ0n) is 32.4. The number of hydrogen-bond donors (Lipinski definition) is 2. The van der Waals surface area contributed by atoms with Gasteiger partial charge in [0, 0.05) is 53.2 Å². The van der Waals surface area contributed by atoms with E-state index in [4.69, 9.17) is 0 Å². The third-order valence-corrected chi connectivity index (χ3v) is 11.4. The first kappa shape index (κ1) is 36.9. The van der Waals surface area contributed by atoms with E-state index in [1.54, 1.807) is 74.8 Å². The van der Waals surface area contributed by atoms with Crippen LogP contribution in [-0.4, -0.2) is 34.1 Å². The van der Waals surface area contributed by atoms with Gasteiger partial charge < -0.3 is 10.6 Å². The van der Waals surface area contributed by atoms with Gasteiger partial charge in [0.2, 0.25) is 6.20 Å². The second-order valence-corrected chi connectivity index (χ2v) is 15.4. The molecule has 0 amide bonds. The average molecular weight is 809 g/mol. The van der Waals surface area contributed by atoms with Gasteiger partial charge in [0.05, 0.1) is 59.5 Å². The molecule has 10 rings (SSSR count). The predicted octanol–water partition coefficient (Wildman–Crippen LogP) is 8.82. The molecule has 16 heteroatoms. The Bertz CT molecular complexity index is 3100. The Balaban J connectivity index is 0.895. The number of benzene rings is 4. The lowest BCUT2D eigenvalue weighted by Gasteiger charge is -2.32. The number of nitrogens with one attached hydrogen (secondary N) is 2. The summed E-state index contributed by atoms with van der Waals surface area (Å²) in [5.74, 6) is -6.04. The summed E-state index contributed by atoms with van der Waals surface area (Å²) in [5.41, 5.74) is 6.05. The van der Waals surface area contributed by atoms with Crippen molar-refractivity contribution in [1.82, 2.24) is 34.1 Å². The molecular weight excluding hydrogens is 773 g/mol. The van der Waals surface area contributed by atoms with Crippen molar-refractivity contribution in [3.8, 4) is 23.5 Å². The Labute approximate surface area is 340 Å². The SMILES string of the molecule is Cn1cc(-n2ncc3ccc(N[C@H]4CCC(F)(F)c5cc(C#[N+]n6cc(-n7ncc8ccc(N[C@@H]9CCC(F)(F)c%10cc(C#N)ccc%109)cc87)c[n+]6C)ccc54)cc32)cn1. The Hall–Kier alpha value is -7.46. The summed E-state index contributed by atoms with van der Waals surface area (Å²) in [6.07, 6.45) is 10.5. The van der Waals surface area contributed by atoms with E-state index in [1.807, 2.05) is 61.9 Å². The Morgan fingerprint density at radius 2 is 1.28 bits per heavy atom. The van der Waals surface area contributed by atoms with Crippen molar-refractivity contribution in [3.05, 3.63) is 148 Å². The largest absolute Gasteiger partial charge is 0.378 e. The minimum absolute atomic E-state index is 0.0599. The minimum Gasteiger partial charge on any atom is -0.378 e. The lowest BCUT2D eigenvalue weighted by atomic mass is 9.84. The van der Waals surface area contributed by atoms with Crippen LogP contribution in [0.4, 0.5) is 28.9 Å². The molecule has 4 aromatic carbocycles. The number of halogens is 4. The minimum atomic E-state index is -3.03. The van der Waals surface area contributed by atoms with E-state index in [0.29, 0.717) is 22.4 Å². The zero-order valence-corrected chi connectivity index (χ0v) is 32.4. The number of fused-ring (bicyclic) bond motifs is 4. The Kier molecular flexibility index (Phi) is 8.50. The van der Waals surface area contributed by atoms with Gasteiger partial charge in [-0.05, 0) is 89.3 Å². The normalized spacial score (nSPS) is 17.7. The van der Waals surface area contributed by atoms with Crippen LogP contribution in [0.2, 0.25) is 0 Å². The fourth-order valence-electron chi connectivity index (χ4n) is 8.38. The molecule has 298 valence electrons. The molecule has 2 atom stereocenters. The van der Waals surface area contributed by atoms with Crippen LogP contribution in [0.25, 0.3) is 38.1 Å². The number of nitrogens with zero attached hydrogens (tertiary/aromatic N) is 10. The highest BCUT2D eigenvalue weighted by molar-refractivity contribution is 5.85. The molecule has 2 aliphatic carbocycles. The molecule has 2 N–H and O–H groups in total. The molecule has 12 nitrogen and oxygen atoms in total. The van der Waals surface area contributed by atoms with Crippen LogP contribution >= 0.6 is 0 Å². The van der Waals surface area contributed by atoms with E-state index in [0.717, 1.165) is 38.9 Å². The van der Waals surface area contributed by atoms with E-state index in [1.165, 1.54) is 16.9 Å². The summed E-state index contributed by atoms with van der Waals surface area (Å²) >= 11 is 0. The van der Waals surface area contributed by atoms with E-state index < -0.39 is 11.8 Å². The molecule has 2 aliphatic rings. The van der Waals surface area contributed by atoms with E-state index in [-0.39, 0.29) is 54.5 Å². The molecule has 8 aromatic rings. The van der Waals surface area contributed by atoms with Crippen LogP contribution < -0.4 is 15.3 Å². The first-order valence-corrected chi connectivity index (χ1v) is 19.4. The van der Waals surface area contributed by atoms with Gasteiger partial charge in [-0.25, -0.2) is 26.9 Å². The van der Waals surface area contributed by atoms with Crippen molar-refractivity contribution < 1.29 is 22.2 Å². The van der Waals surface area contributed by atoms with Crippen LogP contribution in [0.5, 0.6) is 0 Å². The van der Waals surface area contributed by atoms with Crippen LogP contribution in [0.1, 0.15) is 71.1 Å². The quantitative estimate of drug-likeness (QED) is 0.128. The maximum absolute atomic E-state index is 15.5. The van der Waals surface area contributed by atoms with Gasteiger partial charge in [-0.1, -0.05) is 12.1 Å². The highest BCUT2D eigenvalue weighted by Crippen LogP contribution is 2.47. The second kappa shape index (κ2) is 13.8. The highest BCUT2D eigenvalue weighted by atomic mass is 19.3. The lowest BCUT2D eigenvalue weighted by Crippen LogP contribution is -2.34. The molecule has 0 aliphatic heterocycles. The summed E-state index contributed by atoms with van der Waals surface area (Å²) in [6.45, 7) is 0. The molecule has 0 spiro atoms. The van der Waals surface area contributed by atoms with Crippen molar-refractivity contribution >= 4 is 33.2 Å². The van der Waals surface area contributed by atoms with Gasteiger partial charge in [-0.3, -0.25) is 4.68 Å². The van der Waals surface area contributed by atoms with E-state index >= 15 is 8.78 Å². The van der Waals surface area contributed by atoms with Crippen molar-refractivity contribution in [2.24, 2.45) is 14.1 Å². The number of aromatic nitrogens is 8. The maximum Gasteiger partial charge on any atom is 0.364 e. The van der Waals surface area contributed by atoms with Gasteiger partial charge in [0.15, 0.2) is 28.7 Å². The summed E-state index contributed by atoms with van der Waals surface area (Å²) in [7, 11) is 3.63. The lowest BCUT2D eigenvalue weighted by molar-refractivity contribution is -0.745. The summed E-state index contributed by atoms with van der Waals surface area (Å²) in [4.78, 5) is 6.02. The zero-order chi connectivity index (χ0) is 41.3. The fourth-order valence-corrected chi connectivity index (χ4v) is 8.38. The predicted molar refractivity (Wildman–Crippen MR) is 216 cm³/mol. The van der Waals surface area contributed by atoms with Crippen LogP contribution in [0, 0.1) is 17.4 Å². The second-order valence-electron chi connectivity index (χ2n) is 15.4. The van der Waals surface area contributed by atoms with Gasteiger partial charge in [0.25, 0.3) is 11.8 Å². The van der Waals surface area contributed by atoms with Crippen LogP contribution in [0.3, 0.4) is 0 Å². The Morgan fingerprint density at radius 3 is 1.85 bits per heavy atom. The highest BCUT2D eigenvalue weighted by Gasteiger charge is 2.42. The first-order valence-electron chi connectivity index (χ1n) is 19.4. The van der Waals surface area contributed by atoms with Gasteiger partial charge in [-0.2, -0.15) is 20.6 Å². The fraction of sp³-hybridized carbons (Fsp3) is 0.227. The average Bonchev–Trinajstić information content (AvgIpc) is 4.05. The molecule has 60 heavy (non-hydrogen) atoms. The molecular formula is C44H36F4N12+2. The summed E-state index contributed by atoms with van der Waals surface area (Å²) < 4.78 is 67.8. The topological polar surface area (TPSA) is 114 Å². The van der Waals surface area contributed by atoms with Crippen LogP contribution in [0.15, 0.2) is 110 Å². The van der Waals surface area contributed by atoms with E-state index in [2.05, 4.69) is 37.0 Å². The number of alkyl halides is 4. The number of aryl methyl sites for hydroxylation is 2. The van der Waals surface area contributed by atoms with Crippen molar-refractivity contribution in [2.45, 2.75) is 49.6 Å². The monoisotopic (exact) mass is 808 g/mol. The summed E-state index contributed by atoms with van der Waals surface area (Å²) in [5, 5.41) is 31.4. The maximum atomic E-state index is 15.5. The first-order chi connectivity index (χ1) is 28.9. The standard InChI is InChI=1S/C44H36F4N12/c1-56-24-33(23-50-56)59-41-17-31(7-5-29(41)21-52-59)54-40-12-14-44(47,48)38-16-28(4-10-36(38)40)20-51-58-26-34(25-57(58)2)60-42-18-32(8-6-30(42)22-53-60)55-39-11-13-43(45,46)37-15-27(19-49)3-9-35(37)39/h3-10,15-18,21-26,39-40,54-55H,11-14H2,1-2H3/q+2/t39-,40+/m1/s1. The molecule has 0 unspecified atom stereocenters. The third kappa shape index (κ3) is 6.46. The number of hydrogen-bond acceptors (Lipinski definition) is 6. The number of anilines is 2. The van der Waals surface area contributed by atoms with Gasteiger partial charge >= 0.3 is 6.07 Å². The number of rotatable bonds is 6. The third-order valence-electron chi connectivity index (χ3n) is 11.4. The van der Waals surface area contributed by atoms with Crippen LogP contribution in [-0.2, 0) is 25.9 Å². The molecule has 0 radical (unpaired) electrons. The summed E-state index contributed by atoms with van der Waals surface area (Å²) in [6, 6.07) is 25.1.